The molecule has 1 aromatic rings. The summed E-state index contributed by atoms with van der Waals surface area (Å²) in [7, 11) is 2.91. The summed E-state index contributed by atoms with van der Waals surface area (Å²) in [6, 6.07) is 5.01. The number of benzene rings is 1. The Morgan fingerprint density at radius 1 is 1.24 bits per heavy atom. The third kappa shape index (κ3) is 3.17. The van der Waals surface area contributed by atoms with Crippen molar-refractivity contribution in [3.8, 4) is 11.5 Å². The molecular formula is C12H14F2O3. The Bertz CT molecular complexity index is 412. The molecule has 0 fully saturated rings. The first-order chi connectivity index (χ1) is 8.13. The van der Waals surface area contributed by atoms with Gasteiger partial charge in [-0.3, -0.25) is 0 Å². The molecule has 0 atom stereocenters. The largest absolute Gasteiger partial charge is 0.493 e. The molecule has 5 heteroatoms. The zero-order valence-electron chi connectivity index (χ0n) is 9.67. The van der Waals surface area contributed by atoms with Gasteiger partial charge >= 0.3 is 0 Å². The first kappa shape index (κ1) is 13.4. The number of ether oxygens (including phenoxy) is 2. The summed E-state index contributed by atoms with van der Waals surface area (Å²) < 4.78 is 35.1. The van der Waals surface area contributed by atoms with Crippen molar-refractivity contribution in [2.75, 3.05) is 20.8 Å². The molecule has 17 heavy (non-hydrogen) atoms. The fourth-order valence-corrected chi connectivity index (χ4v) is 1.51. The van der Waals surface area contributed by atoms with Crippen LogP contribution in [0.2, 0.25) is 0 Å². The van der Waals surface area contributed by atoms with Crippen LogP contribution in [0.5, 0.6) is 11.5 Å². The Morgan fingerprint density at radius 2 is 1.94 bits per heavy atom. The van der Waals surface area contributed by atoms with Crippen LogP contribution in [0.15, 0.2) is 29.9 Å². The van der Waals surface area contributed by atoms with Gasteiger partial charge in [-0.2, -0.15) is 8.78 Å². The van der Waals surface area contributed by atoms with E-state index in [1.165, 1.54) is 14.2 Å². The van der Waals surface area contributed by atoms with Crippen LogP contribution in [0.3, 0.4) is 0 Å². The van der Waals surface area contributed by atoms with Gasteiger partial charge in [0, 0.05) is 17.6 Å². The second-order valence-corrected chi connectivity index (χ2v) is 3.35. The van der Waals surface area contributed by atoms with Crippen molar-refractivity contribution in [1.29, 1.82) is 0 Å². The monoisotopic (exact) mass is 244 g/mol. The summed E-state index contributed by atoms with van der Waals surface area (Å²) in [5.74, 6) is 0.878. The standard InChI is InChI=1S/C12H14F2O3/c1-16-10-5-3-4-8(11(10)17-2)6-9(7-15)12(13)14/h3-5,15H,6-7H2,1-2H3. The lowest BCUT2D eigenvalue weighted by Crippen LogP contribution is -2.01. The second kappa shape index (κ2) is 6.20. The third-order valence-electron chi connectivity index (χ3n) is 2.35. The van der Waals surface area contributed by atoms with E-state index in [-0.39, 0.29) is 12.0 Å². The number of hydrogen-bond acceptors (Lipinski definition) is 3. The smallest absolute Gasteiger partial charge is 0.272 e. The van der Waals surface area contributed by atoms with E-state index in [4.69, 9.17) is 14.6 Å². The molecule has 0 bridgehead atoms. The molecule has 1 N–H and O–H groups in total. The highest BCUT2D eigenvalue weighted by Gasteiger charge is 2.13. The Kier molecular flexibility index (Phi) is 4.90. The van der Waals surface area contributed by atoms with E-state index >= 15 is 0 Å². The lowest BCUT2D eigenvalue weighted by Gasteiger charge is -2.12. The first-order valence-electron chi connectivity index (χ1n) is 4.97. The lowest BCUT2D eigenvalue weighted by molar-refractivity contribution is 0.306. The van der Waals surface area contributed by atoms with E-state index in [0.717, 1.165) is 0 Å². The van der Waals surface area contributed by atoms with Crippen LogP contribution in [-0.4, -0.2) is 25.9 Å². The van der Waals surface area contributed by atoms with E-state index in [1.807, 2.05) is 0 Å². The molecule has 0 amide bonds. The molecule has 1 rings (SSSR count). The van der Waals surface area contributed by atoms with Crippen LogP contribution >= 0.6 is 0 Å². The molecule has 0 saturated heterocycles. The van der Waals surface area contributed by atoms with Crippen molar-refractivity contribution in [3.05, 3.63) is 35.4 Å². The predicted molar refractivity (Wildman–Crippen MR) is 59.6 cm³/mol. The van der Waals surface area contributed by atoms with Gasteiger partial charge in [0.25, 0.3) is 6.08 Å². The molecular weight excluding hydrogens is 230 g/mol. The van der Waals surface area contributed by atoms with E-state index in [0.29, 0.717) is 17.1 Å². The molecule has 0 unspecified atom stereocenters. The Labute approximate surface area is 98.3 Å². The maximum absolute atomic E-state index is 12.5. The summed E-state index contributed by atoms with van der Waals surface area (Å²) in [5, 5.41) is 8.84. The molecule has 0 aliphatic carbocycles. The van der Waals surface area contributed by atoms with Gasteiger partial charge in [-0.15, -0.1) is 0 Å². The molecule has 94 valence electrons. The molecule has 0 aliphatic heterocycles. The minimum Gasteiger partial charge on any atom is -0.493 e. The van der Waals surface area contributed by atoms with Crippen LogP contribution < -0.4 is 9.47 Å². The van der Waals surface area contributed by atoms with Crippen molar-refractivity contribution in [3.63, 3.8) is 0 Å². The topological polar surface area (TPSA) is 38.7 Å². The number of halogens is 2. The van der Waals surface area contributed by atoms with Crippen molar-refractivity contribution in [2.45, 2.75) is 6.42 Å². The molecule has 0 heterocycles. The van der Waals surface area contributed by atoms with Gasteiger partial charge in [0.15, 0.2) is 11.5 Å². The summed E-state index contributed by atoms with van der Waals surface area (Å²) in [6.45, 7) is -0.678. The number of methoxy groups -OCH3 is 2. The van der Waals surface area contributed by atoms with Gasteiger partial charge in [0.1, 0.15) is 0 Å². The maximum Gasteiger partial charge on any atom is 0.272 e. The number of aliphatic hydroxyl groups is 1. The highest BCUT2D eigenvalue weighted by Crippen LogP contribution is 2.32. The van der Waals surface area contributed by atoms with Gasteiger partial charge in [-0.25, -0.2) is 0 Å². The van der Waals surface area contributed by atoms with Crippen molar-refractivity contribution in [1.82, 2.24) is 0 Å². The van der Waals surface area contributed by atoms with E-state index in [2.05, 4.69) is 0 Å². The molecule has 0 aromatic heterocycles. The number of rotatable bonds is 5. The lowest BCUT2D eigenvalue weighted by atomic mass is 10.0. The molecule has 1 aromatic carbocycles. The average Bonchev–Trinajstić information content (AvgIpc) is 2.34. The van der Waals surface area contributed by atoms with Crippen LogP contribution in [-0.2, 0) is 6.42 Å². The van der Waals surface area contributed by atoms with Gasteiger partial charge in [-0.05, 0) is 6.07 Å². The number of aliphatic hydroxyl groups excluding tert-OH is 1. The molecule has 0 saturated carbocycles. The van der Waals surface area contributed by atoms with E-state index in [9.17, 15) is 8.78 Å². The van der Waals surface area contributed by atoms with Gasteiger partial charge < -0.3 is 14.6 Å². The minimum atomic E-state index is -1.86. The average molecular weight is 244 g/mol. The second-order valence-electron chi connectivity index (χ2n) is 3.35. The van der Waals surface area contributed by atoms with Crippen LogP contribution in [0, 0.1) is 0 Å². The zero-order valence-corrected chi connectivity index (χ0v) is 9.67. The van der Waals surface area contributed by atoms with Crippen LogP contribution in [0.4, 0.5) is 8.78 Å². The third-order valence-corrected chi connectivity index (χ3v) is 2.35. The van der Waals surface area contributed by atoms with Gasteiger partial charge in [0.2, 0.25) is 0 Å². The highest BCUT2D eigenvalue weighted by molar-refractivity contribution is 5.48. The fraction of sp³-hybridized carbons (Fsp3) is 0.333. The van der Waals surface area contributed by atoms with Crippen molar-refractivity contribution < 1.29 is 23.4 Å². The Hall–Kier alpha value is -1.62. The summed E-state index contributed by atoms with van der Waals surface area (Å²) in [5.41, 5.74) is 0.222. The number of para-hydroxylation sites is 1. The minimum absolute atomic E-state index is 0.0702. The summed E-state index contributed by atoms with van der Waals surface area (Å²) >= 11 is 0. The normalized spacial score (nSPS) is 9.94. The maximum atomic E-state index is 12.5. The van der Waals surface area contributed by atoms with Crippen LogP contribution in [0.1, 0.15) is 5.56 Å². The zero-order chi connectivity index (χ0) is 12.8. The molecule has 0 radical (unpaired) electrons. The number of hydrogen-bond donors (Lipinski definition) is 1. The molecule has 0 spiro atoms. The van der Waals surface area contributed by atoms with Gasteiger partial charge in [0.05, 0.1) is 20.8 Å². The van der Waals surface area contributed by atoms with Crippen molar-refractivity contribution in [2.24, 2.45) is 0 Å². The fourth-order valence-electron chi connectivity index (χ4n) is 1.51. The Morgan fingerprint density at radius 3 is 2.41 bits per heavy atom. The summed E-state index contributed by atoms with van der Waals surface area (Å²) in [4.78, 5) is 0. The Balaban J connectivity index is 3.10. The van der Waals surface area contributed by atoms with Gasteiger partial charge in [-0.1, -0.05) is 12.1 Å². The highest BCUT2D eigenvalue weighted by atomic mass is 19.3. The van der Waals surface area contributed by atoms with E-state index in [1.54, 1.807) is 18.2 Å². The summed E-state index contributed by atoms with van der Waals surface area (Å²) in [6.07, 6.45) is -1.93. The predicted octanol–water partition coefficient (Wildman–Crippen LogP) is 2.39. The van der Waals surface area contributed by atoms with Crippen LogP contribution in [0.25, 0.3) is 0 Å². The molecule has 3 nitrogen and oxygen atoms in total. The quantitative estimate of drug-likeness (QED) is 0.864. The SMILES string of the molecule is COc1cccc(CC(CO)=C(F)F)c1OC. The first-order valence-corrected chi connectivity index (χ1v) is 4.97. The van der Waals surface area contributed by atoms with E-state index < -0.39 is 12.7 Å². The molecule has 0 aliphatic rings. The van der Waals surface area contributed by atoms with Crippen molar-refractivity contribution >= 4 is 0 Å².